The first-order chi connectivity index (χ1) is 10.0. The number of aromatic nitrogens is 1. The summed E-state index contributed by atoms with van der Waals surface area (Å²) >= 11 is 0. The van der Waals surface area contributed by atoms with Gasteiger partial charge in [0.05, 0.1) is 16.6 Å². The molecule has 1 amide bonds. The Bertz CT molecular complexity index is 549. The van der Waals surface area contributed by atoms with Gasteiger partial charge in [-0.2, -0.15) is 0 Å². The highest BCUT2D eigenvalue weighted by atomic mass is 16.6. The van der Waals surface area contributed by atoms with Crippen LogP contribution in [0.15, 0.2) is 12.3 Å². The van der Waals surface area contributed by atoms with Gasteiger partial charge in [-0.1, -0.05) is 6.92 Å². The summed E-state index contributed by atoms with van der Waals surface area (Å²) in [5.74, 6) is -0.218. The van der Waals surface area contributed by atoms with Gasteiger partial charge >= 0.3 is 0 Å². The molecule has 0 bridgehead atoms. The smallest absolute Gasteiger partial charge is 0.288 e. The molecule has 2 unspecified atom stereocenters. The molecule has 2 heterocycles. The van der Waals surface area contributed by atoms with E-state index in [2.05, 4.69) is 10.3 Å². The minimum absolute atomic E-state index is 0.0205. The molecule has 1 aromatic heterocycles. The van der Waals surface area contributed by atoms with E-state index in [1.165, 1.54) is 0 Å². The highest BCUT2D eigenvalue weighted by molar-refractivity contribution is 5.98. The zero-order chi connectivity index (χ0) is 15.4. The molecule has 2 atom stereocenters. The van der Waals surface area contributed by atoms with Crippen molar-refractivity contribution in [3.8, 4) is 0 Å². The van der Waals surface area contributed by atoms with Crippen LogP contribution in [0.2, 0.25) is 0 Å². The molecule has 0 radical (unpaired) electrons. The van der Waals surface area contributed by atoms with Crippen LogP contribution < -0.4 is 11.1 Å². The fourth-order valence-electron chi connectivity index (χ4n) is 2.44. The molecule has 3 N–H and O–H groups in total. The molecule has 1 aliphatic rings. The number of carbonyl (C=O) groups is 1. The number of nitrogens with zero attached hydrogens (tertiary/aromatic N) is 2. The van der Waals surface area contributed by atoms with Crippen molar-refractivity contribution >= 4 is 17.4 Å². The molecule has 8 nitrogen and oxygen atoms in total. The summed E-state index contributed by atoms with van der Waals surface area (Å²) in [6.07, 6.45) is 2.96. The minimum Gasteiger partial charge on any atom is -0.383 e. The number of nitrogens with one attached hydrogen (secondary N) is 1. The highest BCUT2D eigenvalue weighted by Gasteiger charge is 2.27. The number of nitrogens with two attached hydrogens (primary N) is 1. The molecule has 0 spiro atoms. The fourth-order valence-corrected chi connectivity index (χ4v) is 2.44. The Balaban J connectivity index is 2.03. The molecule has 2 rings (SSSR count). The summed E-state index contributed by atoms with van der Waals surface area (Å²) in [4.78, 5) is 25.9. The van der Waals surface area contributed by atoms with Crippen molar-refractivity contribution in [3.63, 3.8) is 0 Å². The number of amides is 1. The first-order valence-electron chi connectivity index (χ1n) is 6.82. The number of ether oxygens (including phenoxy) is 1. The quantitative estimate of drug-likeness (QED) is 0.620. The second-order valence-corrected chi connectivity index (χ2v) is 4.96. The molecule has 114 valence electrons. The highest BCUT2D eigenvalue weighted by Crippen LogP contribution is 2.23. The summed E-state index contributed by atoms with van der Waals surface area (Å²) in [5.41, 5.74) is 5.37. The lowest BCUT2D eigenvalue weighted by molar-refractivity contribution is -0.385. The number of pyridine rings is 1. The summed E-state index contributed by atoms with van der Waals surface area (Å²) in [7, 11) is 0. The van der Waals surface area contributed by atoms with E-state index in [0.717, 1.165) is 25.1 Å². The molecular weight excluding hydrogens is 276 g/mol. The predicted octanol–water partition coefficient (Wildman–Crippen LogP) is 1.12. The van der Waals surface area contributed by atoms with Crippen LogP contribution in [-0.4, -0.2) is 35.1 Å². The van der Waals surface area contributed by atoms with Crippen LogP contribution in [-0.2, 0) is 4.74 Å². The average molecular weight is 294 g/mol. The number of hydrogen-bond donors (Lipinski definition) is 2. The number of anilines is 1. The maximum absolute atomic E-state index is 12.1. The van der Waals surface area contributed by atoms with Crippen molar-refractivity contribution in [3.05, 3.63) is 27.9 Å². The zero-order valence-corrected chi connectivity index (χ0v) is 11.7. The van der Waals surface area contributed by atoms with Gasteiger partial charge < -0.3 is 15.8 Å². The Labute approximate surface area is 121 Å². The van der Waals surface area contributed by atoms with E-state index in [4.69, 9.17) is 10.5 Å². The van der Waals surface area contributed by atoms with Gasteiger partial charge in [-0.05, 0) is 12.8 Å². The largest absolute Gasteiger partial charge is 0.383 e. The van der Waals surface area contributed by atoms with E-state index in [1.54, 1.807) is 0 Å². The monoisotopic (exact) mass is 294 g/mol. The van der Waals surface area contributed by atoms with Gasteiger partial charge in [-0.25, -0.2) is 4.98 Å². The van der Waals surface area contributed by atoms with Gasteiger partial charge in [0, 0.05) is 25.1 Å². The molecule has 1 fully saturated rings. The summed E-state index contributed by atoms with van der Waals surface area (Å²) in [5, 5.41) is 13.5. The van der Waals surface area contributed by atoms with Crippen LogP contribution in [0.25, 0.3) is 0 Å². The number of rotatable bonds is 5. The molecule has 0 aromatic carbocycles. The van der Waals surface area contributed by atoms with Crippen LogP contribution >= 0.6 is 0 Å². The average Bonchev–Trinajstić information content (AvgIpc) is 2.92. The maximum atomic E-state index is 12.1. The van der Waals surface area contributed by atoms with Crippen molar-refractivity contribution < 1.29 is 14.5 Å². The van der Waals surface area contributed by atoms with Crippen LogP contribution in [0, 0.1) is 16.0 Å². The normalized spacial score (nSPS) is 21.2. The van der Waals surface area contributed by atoms with Crippen LogP contribution in [0.5, 0.6) is 0 Å². The summed E-state index contributed by atoms with van der Waals surface area (Å²) < 4.78 is 5.55. The van der Waals surface area contributed by atoms with Gasteiger partial charge in [0.2, 0.25) is 0 Å². The van der Waals surface area contributed by atoms with Gasteiger partial charge in [-0.3, -0.25) is 14.9 Å². The molecule has 0 saturated carbocycles. The third kappa shape index (κ3) is 3.46. The van der Waals surface area contributed by atoms with Gasteiger partial charge in [0.1, 0.15) is 12.0 Å². The SMILES string of the molecule is CCC1OCCC1CNC(=O)c1cc([N+](=O)[O-])cnc1N. The molecule has 0 aliphatic carbocycles. The van der Waals surface area contributed by atoms with E-state index in [-0.39, 0.29) is 29.1 Å². The van der Waals surface area contributed by atoms with Crippen LogP contribution in [0.4, 0.5) is 11.5 Å². The number of nitro groups is 1. The number of carbonyl (C=O) groups excluding carboxylic acids is 1. The lowest BCUT2D eigenvalue weighted by Crippen LogP contribution is -2.33. The lowest BCUT2D eigenvalue weighted by atomic mass is 9.99. The van der Waals surface area contributed by atoms with Crippen molar-refractivity contribution in [1.29, 1.82) is 0 Å². The standard InChI is InChI=1S/C13H18N4O4/c1-2-11-8(3-4-21-11)6-16-13(18)10-5-9(17(19)20)7-15-12(10)14/h5,7-8,11H,2-4,6H2,1H3,(H2,14,15)(H,16,18). The molecule has 1 aliphatic heterocycles. The van der Waals surface area contributed by atoms with E-state index < -0.39 is 10.8 Å². The Morgan fingerprint density at radius 3 is 3.10 bits per heavy atom. The third-order valence-electron chi connectivity index (χ3n) is 3.63. The number of hydrogen-bond acceptors (Lipinski definition) is 6. The summed E-state index contributed by atoms with van der Waals surface area (Å²) in [6, 6.07) is 1.14. The van der Waals surface area contributed by atoms with Gasteiger partial charge in [0.15, 0.2) is 0 Å². The molecule has 1 aromatic rings. The van der Waals surface area contributed by atoms with E-state index >= 15 is 0 Å². The van der Waals surface area contributed by atoms with Crippen molar-refractivity contribution in [2.75, 3.05) is 18.9 Å². The first kappa shape index (κ1) is 15.2. The predicted molar refractivity (Wildman–Crippen MR) is 75.8 cm³/mol. The summed E-state index contributed by atoms with van der Waals surface area (Å²) in [6.45, 7) is 3.19. The topological polar surface area (TPSA) is 120 Å². The minimum atomic E-state index is -0.610. The zero-order valence-electron chi connectivity index (χ0n) is 11.7. The van der Waals surface area contributed by atoms with Crippen molar-refractivity contribution in [1.82, 2.24) is 10.3 Å². The second-order valence-electron chi connectivity index (χ2n) is 4.96. The van der Waals surface area contributed by atoms with Crippen molar-refractivity contribution in [2.45, 2.75) is 25.9 Å². The molecule has 8 heteroatoms. The van der Waals surface area contributed by atoms with E-state index in [9.17, 15) is 14.9 Å². The van der Waals surface area contributed by atoms with Crippen LogP contribution in [0.1, 0.15) is 30.1 Å². The van der Waals surface area contributed by atoms with E-state index in [0.29, 0.717) is 13.2 Å². The van der Waals surface area contributed by atoms with Gasteiger partial charge in [-0.15, -0.1) is 0 Å². The Morgan fingerprint density at radius 2 is 2.43 bits per heavy atom. The second kappa shape index (κ2) is 6.49. The number of nitrogen functional groups attached to an aromatic ring is 1. The fraction of sp³-hybridized carbons (Fsp3) is 0.538. The van der Waals surface area contributed by atoms with Crippen molar-refractivity contribution in [2.24, 2.45) is 5.92 Å². The Kier molecular flexibility index (Phi) is 4.69. The molecular formula is C13H18N4O4. The Morgan fingerprint density at radius 1 is 1.67 bits per heavy atom. The first-order valence-corrected chi connectivity index (χ1v) is 6.82. The molecule has 1 saturated heterocycles. The maximum Gasteiger partial charge on any atom is 0.288 e. The lowest BCUT2D eigenvalue weighted by Gasteiger charge is -2.17. The Hall–Kier alpha value is -2.22. The van der Waals surface area contributed by atoms with Gasteiger partial charge in [0.25, 0.3) is 11.6 Å². The molecule has 21 heavy (non-hydrogen) atoms. The third-order valence-corrected chi connectivity index (χ3v) is 3.63. The van der Waals surface area contributed by atoms with Crippen LogP contribution in [0.3, 0.4) is 0 Å². The van der Waals surface area contributed by atoms with E-state index in [1.807, 2.05) is 6.92 Å².